The van der Waals surface area contributed by atoms with E-state index in [2.05, 4.69) is 20.7 Å². The third kappa shape index (κ3) is 4.27. The Kier molecular flexibility index (Phi) is 5.97. The van der Waals surface area contributed by atoms with Gasteiger partial charge in [-0.1, -0.05) is 0 Å². The molecule has 0 aliphatic rings. The van der Waals surface area contributed by atoms with Crippen molar-refractivity contribution in [2.24, 2.45) is 0 Å². The summed E-state index contributed by atoms with van der Waals surface area (Å²) < 4.78 is 27.2. The van der Waals surface area contributed by atoms with Gasteiger partial charge in [-0.05, 0) is 42.8 Å². The van der Waals surface area contributed by atoms with Gasteiger partial charge in [0.05, 0.1) is 15.2 Å². The maximum Gasteiger partial charge on any atom is 0.242 e. The van der Waals surface area contributed by atoms with Gasteiger partial charge in [0.1, 0.15) is 0 Å². The Morgan fingerprint density at radius 3 is 2.42 bits per heavy atom. The Labute approximate surface area is 126 Å². The van der Waals surface area contributed by atoms with Crippen molar-refractivity contribution in [2.45, 2.75) is 25.7 Å². The molecule has 5 nitrogen and oxygen atoms in total. The summed E-state index contributed by atoms with van der Waals surface area (Å²) in [6.45, 7) is 6.37. The van der Waals surface area contributed by atoms with Crippen LogP contribution < -0.4 is 4.72 Å². The molecule has 0 saturated heterocycles. The molecule has 1 N–H and O–H groups in total. The number of hydrogen-bond donors (Lipinski definition) is 1. The molecule has 0 spiro atoms. The number of thiophene rings is 1. The fourth-order valence-corrected chi connectivity index (χ4v) is 5.01. The fraction of sp³-hybridized carbons (Fsp3) is 0.545. The Morgan fingerprint density at radius 2 is 2.00 bits per heavy atom. The van der Waals surface area contributed by atoms with Gasteiger partial charge in [-0.3, -0.25) is 4.79 Å². The van der Waals surface area contributed by atoms with Crippen LogP contribution >= 0.6 is 27.3 Å². The fourth-order valence-electron chi connectivity index (χ4n) is 1.62. The standard InChI is InChI=1S/C11H17BrN2O3S2/c1-4-14(5-2)11(15)7-13-19(16,17)9-6-10(12)18-8(9)3/h6,13H,4-5,7H2,1-3H3. The molecular weight excluding hydrogens is 352 g/mol. The topological polar surface area (TPSA) is 66.5 Å². The van der Waals surface area contributed by atoms with Gasteiger partial charge in [0.15, 0.2) is 0 Å². The van der Waals surface area contributed by atoms with E-state index in [-0.39, 0.29) is 17.3 Å². The van der Waals surface area contributed by atoms with Crippen LogP contribution in [0.25, 0.3) is 0 Å². The summed E-state index contributed by atoms with van der Waals surface area (Å²) in [6.07, 6.45) is 0. The van der Waals surface area contributed by atoms with Crippen LogP contribution in [-0.4, -0.2) is 38.9 Å². The summed E-state index contributed by atoms with van der Waals surface area (Å²) in [5, 5.41) is 0. The Bertz CT molecular complexity index is 550. The first-order chi connectivity index (χ1) is 8.81. The average molecular weight is 369 g/mol. The van der Waals surface area contributed by atoms with Crippen molar-refractivity contribution < 1.29 is 13.2 Å². The number of amides is 1. The van der Waals surface area contributed by atoms with Crippen molar-refractivity contribution in [3.63, 3.8) is 0 Å². The second-order valence-corrected chi connectivity index (χ2v) is 8.23. The maximum atomic E-state index is 12.1. The average Bonchev–Trinajstić information content (AvgIpc) is 2.68. The first-order valence-electron chi connectivity index (χ1n) is 5.85. The van der Waals surface area contributed by atoms with Crippen LogP contribution in [0.3, 0.4) is 0 Å². The van der Waals surface area contributed by atoms with Crippen LogP contribution in [0.5, 0.6) is 0 Å². The van der Waals surface area contributed by atoms with Gasteiger partial charge in [-0.2, -0.15) is 0 Å². The SMILES string of the molecule is CCN(CC)C(=O)CNS(=O)(=O)c1cc(Br)sc1C. The predicted octanol–water partition coefficient (Wildman–Crippen LogP) is 1.97. The van der Waals surface area contributed by atoms with Crippen LogP contribution in [0.2, 0.25) is 0 Å². The normalized spacial score (nSPS) is 11.6. The molecule has 0 aliphatic heterocycles. The Balaban J connectivity index is 2.77. The van der Waals surface area contributed by atoms with Crippen molar-refractivity contribution >= 4 is 43.2 Å². The van der Waals surface area contributed by atoms with Gasteiger partial charge in [0.2, 0.25) is 15.9 Å². The number of hydrogen-bond acceptors (Lipinski definition) is 4. The number of rotatable bonds is 6. The van der Waals surface area contributed by atoms with Gasteiger partial charge < -0.3 is 4.90 Å². The molecule has 0 bridgehead atoms. The van der Waals surface area contributed by atoms with Crippen molar-refractivity contribution in [1.82, 2.24) is 9.62 Å². The highest BCUT2D eigenvalue weighted by Gasteiger charge is 2.21. The van der Waals surface area contributed by atoms with Crippen LogP contribution in [-0.2, 0) is 14.8 Å². The van der Waals surface area contributed by atoms with Gasteiger partial charge in [0.25, 0.3) is 0 Å². The maximum absolute atomic E-state index is 12.1. The lowest BCUT2D eigenvalue weighted by atomic mass is 10.4. The molecule has 0 aromatic carbocycles. The molecule has 0 saturated carbocycles. The Morgan fingerprint density at radius 1 is 1.42 bits per heavy atom. The Hall–Kier alpha value is -0.440. The highest BCUT2D eigenvalue weighted by atomic mass is 79.9. The number of carbonyl (C=O) groups excluding carboxylic acids is 1. The first kappa shape index (κ1) is 16.6. The number of aryl methyl sites for hydroxylation is 1. The molecule has 0 fully saturated rings. The molecule has 1 aromatic rings. The molecule has 1 amide bonds. The van der Waals surface area contributed by atoms with Crippen molar-refractivity contribution in [3.8, 4) is 0 Å². The third-order valence-electron chi connectivity index (χ3n) is 2.66. The smallest absolute Gasteiger partial charge is 0.242 e. The molecule has 108 valence electrons. The highest BCUT2D eigenvalue weighted by Crippen LogP contribution is 2.29. The summed E-state index contributed by atoms with van der Waals surface area (Å²) in [4.78, 5) is 14.3. The van der Waals surface area contributed by atoms with Crippen LogP contribution in [0.4, 0.5) is 0 Å². The molecule has 0 atom stereocenters. The zero-order valence-electron chi connectivity index (χ0n) is 11.1. The molecule has 19 heavy (non-hydrogen) atoms. The molecular formula is C11H17BrN2O3S2. The molecule has 1 rings (SSSR count). The molecule has 0 aliphatic carbocycles. The van der Waals surface area contributed by atoms with E-state index in [1.807, 2.05) is 13.8 Å². The summed E-state index contributed by atoms with van der Waals surface area (Å²) in [6, 6.07) is 1.55. The van der Waals surface area contributed by atoms with E-state index >= 15 is 0 Å². The summed E-state index contributed by atoms with van der Waals surface area (Å²) >= 11 is 4.60. The second-order valence-electron chi connectivity index (χ2n) is 3.86. The van der Waals surface area contributed by atoms with Crippen molar-refractivity contribution in [1.29, 1.82) is 0 Å². The van der Waals surface area contributed by atoms with Crippen molar-refractivity contribution in [3.05, 3.63) is 14.7 Å². The minimum absolute atomic E-state index is 0.211. The summed E-state index contributed by atoms with van der Waals surface area (Å²) in [5.41, 5.74) is 0. The number of sulfonamides is 1. The summed E-state index contributed by atoms with van der Waals surface area (Å²) in [5.74, 6) is -0.222. The van der Waals surface area contributed by atoms with E-state index in [4.69, 9.17) is 0 Å². The molecule has 0 radical (unpaired) electrons. The van der Waals surface area contributed by atoms with E-state index in [1.54, 1.807) is 17.9 Å². The highest BCUT2D eigenvalue weighted by molar-refractivity contribution is 9.11. The number of nitrogens with one attached hydrogen (secondary N) is 1. The largest absolute Gasteiger partial charge is 0.342 e. The summed E-state index contributed by atoms with van der Waals surface area (Å²) in [7, 11) is -3.63. The van der Waals surface area contributed by atoms with Gasteiger partial charge in [0, 0.05) is 18.0 Å². The third-order valence-corrected chi connectivity index (χ3v) is 5.87. The first-order valence-corrected chi connectivity index (χ1v) is 8.94. The molecule has 1 aromatic heterocycles. The second kappa shape index (κ2) is 6.83. The lowest BCUT2D eigenvalue weighted by molar-refractivity contribution is -0.129. The quantitative estimate of drug-likeness (QED) is 0.834. The molecule has 0 unspecified atom stereocenters. The van der Waals surface area contributed by atoms with Crippen LogP contribution in [0.15, 0.2) is 14.7 Å². The van der Waals surface area contributed by atoms with E-state index < -0.39 is 10.0 Å². The zero-order valence-corrected chi connectivity index (χ0v) is 14.3. The minimum atomic E-state index is -3.63. The monoisotopic (exact) mass is 368 g/mol. The number of likely N-dealkylation sites (N-methyl/N-ethyl adjacent to an activating group) is 1. The number of nitrogens with zero attached hydrogens (tertiary/aromatic N) is 1. The number of carbonyl (C=O) groups is 1. The minimum Gasteiger partial charge on any atom is -0.342 e. The van der Waals surface area contributed by atoms with Gasteiger partial charge in [-0.25, -0.2) is 13.1 Å². The van der Waals surface area contributed by atoms with Gasteiger partial charge >= 0.3 is 0 Å². The van der Waals surface area contributed by atoms with E-state index in [1.165, 1.54) is 11.3 Å². The molecule has 1 heterocycles. The zero-order chi connectivity index (χ0) is 14.6. The lowest BCUT2D eigenvalue weighted by Crippen LogP contribution is -2.39. The number of halogens is 1. The van der Waals surface area contributed by atoms with Crippen LogP contribution in [0, 0.1) is 6.92 Å². The van der Waals surface area contributed by atoms with E-state index in [0.29, 0.717) is 18.0 Å². The van der Waals surface area contributed by atoms with Gasteiger partial charge in [-0.15, -0.1) is 11.3 Å². The van der Waals surface area contributed by atoms with E-state index in [9.17, 15) is 13.2 Å². The lowest BCUT2D eigenvalue weighted by Gasteiger charge is -2.18. The van der Waals surface area contributed by atoms with E-state index in [0.717, 1.165) is 3.79 Å². The van der Waals surface area contributed by atoms with Crippen LogP contribution in [0.1, 0.15) is 18.7 Å². The molecule has 8 heteroatoms. The predicted molar refractivity (Wildman–Crippen MR) is 79.9 cm³/mol. The van der Waals surface area contributed by atoms with Crippen molar-refractivity contribution in [2.75, 3.05) is 19.6 Å².